The van der Waals surface area contributed by atoms with Crippen LogP contribution in [-0.2, 0) is 14.3 Å². The quantitative estimate of drug-likeness (QED) is 0.446. The Morgan fingerprint density at radius 3 is 3.19 bits per heavy atom. The van der Waals surface area contributed by atoms with Crippen LogP contribution in [0.25, 0.3) is 0 Å². The molecule has 2 saturated heterocycles. The molecule has 0 aliphatic carbocycles. The molecular weight excluding hydrogens is 272 g/mol. The van der Waals surface area contributed by atoms with Gasteiger partial charge in [-0.1, -0.05) is 0 Å². The first kappa shape index (κ1) is 13.8. The Balaban J connectivity index is 1.85. The molecule has 2 bridgehead atoms. The molecule has 0 radical (unpaired) electrons. The summed E-state index contributed by atoms with van der Waals surface area (Å²) >= 11 is 0. The Morgan fingerprint density at radius 2 is 2.57 bits per heavy atom. The van der Waals surface area contributed by atoms with Gasteiger partial charge in [0, 0.05) is 19.0 Å². The summed E-state index contributed by atoms with van der Waals surface area (Å²) in [5.74, 6) is 0.604. The summed E-state index contributed by atoms with van der Waals surface area (Å²) in [6, 6.07) is 0.351. The van der Waals surface area contributed by atoms with Crippen LogP contribution < -0.4 is 5.32 Å². The Labute approximate surface area is 122 Å². The van der Waals surface area contributed by atoms with Crippen LogP contribution in [0.5, 0.6) is 0 Å². The van der Waals surface area contributed by atoms with Gasteiger partial charge in [0.25, 0.3) is 0 Å². The number of nitrogens with one attached hydrogen (secondary N) is 2. The molecule has 0 aromatic heterocycles. The molecule has 3 aliphatic heterocycles. The second-order valence-corrected chi connectivity index (χ2v) is 5.07. The summed E-state index contributed by atoms with van der Waals surface area (Å²) in [5, 5.41) is 10.3. The predicted molar refractivity (Wildman–Crippen MR) is 77.0 cm³/mol. The first-order valence-corrected chi connectivity index (χ1v) is 7.04. The van der Waals surface area contributed by atoms with Crippen molar-refractivity contribution in [1.82, 2.24) is 10.2 Å². The van der Waals surface area contributed by atoms with Crippen LogP contribution in [0.2, 0.25) is 0 Å². The van der Waals surface area contributed by atoms with E-state index in [0.29, 0.717) is 11.9 Å². The van der Waals surface area contributed by atoms with Crippen molar-refractivity contribution in [2.24, 2.45) is 4.99 Å². The van der Waals surface area contributed by atoms with Crippen molar-refractivity contribution in [3.8, 4) is 0 Å². The van der Waals surface area contributed by atoms with Crippen molar-refractivity contribution in [1.29, 1.82) is 5.41 Å². The van der Waals surface area contributed by atoms with Crippen molar-refractivity contribution in [2.45, 2.75) is 25.5 Å². The number of carbonyl (C=O) groups is 1. The number of nitrogens with zero attached hydrogens (tertiary/aromatic N) is 2. The zero-order chi connectivity index (χ0) is 14.8. The molecule has 21 heavy (non-hydrogen) atoms. The second-order valence-electron chi connectivity index (χ2n) is 5.07. The zero-order valence-corrected chi connectivity index (χ0v) is 11.8. The van der Waals surface area contributed by atoms with E-state index in [2.05, 4.69) is 15.2 Å². The summed E-state index contributed by atoms with van der Waals surface area (Å²) in [7, 11) is 0. The Morgan fingerprint density at radius 1 is 1.71 bits per heavy atom. The average Bonchev–Trinajstić information content (AvgIpc) is 3.11. The summed E-state index contributed by atoms with van der Waals surface area (Å²) in [6.45, 7) is 3.54. The van der Waals surface area contributed by atoms with Crippen molar-refractivity contribution in [3.05, 3.63) is 23.7 Å². The third kappa shape index (κ3) is 2.56. The van der Waals surface area contributed by atoms with Crippen LogP contribution in [0.3, 0.4) is 0 Å². The average molecular weight is 290 g/mol. The molecule has 1 unspecified atom stereocenters. The van der Waals surface area contributed by atoms with E-state index in [1.54, 1.807) is 13.1 Å². The fourth-order valence-corrected chi connectivity index (χ4v) is 2.79. The third-order valence-electron chi connectivity index (χ3n) is 3.77. The minimum atomic E-state index is -0.542. The minimum absolute atomic E-state index is 0.124. The van der Waals surface area contributed by atoms with Gasteiger partial charge in [-0.3, -0.25) is 0 Å². The van der Waals surface area contributed by atoms with E-state index in [1.165, 1.54) is 0 Å². The van der Waals surface area contributed by atoms with Crippen LogP contribution in [0.15, 0.2) is 28.7 Å². The second kappa shape index (κ2) is 5.69. The topological polar surface area (TPSA) is 87.0 Å². The van der Waals surface area contributed by atoms with E-state index in [9.17, 15) is 4.79 Å². The van der Waals surface area contributed by atoms with Gasteiger partial charge >= 0.3 is 5.97 Å². The normalized spacial score (nSPS) is 29.0. The predicted octanol–water partition coefficient (Wildman–Crippen LogP) is 0.399. The van der Waals surface area contributed by atoms with Crippen LogP contribution in [0.1, 0.15) is 13.3 Å². The molecule has 7 nitrogen and oxygen atoms in total. The van der Waals surface area contributed by atoms with Crippen LogP contribution in [0, 0.1) is 5.41 Å². The van der Waals surface area contributed by atoms with Gasteiger partial charge < -0.3 is 25.1 Å². The monoisotopic (exact) mass is 290 g/mol. The molecule has 3 rings (SSSR count). The highest BCUT2D eigenvalue weighted by atomic mass is 16.5. The van der Waals surface area contributed by atoms with Gasteiger partial charge in [0.15, 0.2) is 0 Å². The van der Waals surface area contributed by atoms with E-state index in [0.717, 1.165) is 31.6 Å². The van der Waals surface area contributed by atoms with E-state index in [-0.39, 0.29) is 18.3 Å². The first-order chi connectivity index (χ1) is 10.2. The molecule has 2 atom stereocenters. The first-order valence-electron chi connectivity index (χ1n) is 7.04. The molecule has 7 heteroatoms. The maximum atomic E-state index is 11.8. The Kier molecular flexibility index (Phi) is 3.74. The molecule has 0 spiro atoms. The number of morpholine rings is 1. The molecule has 0 aromatic carbocycles. The van der Waals surface area contributed by atoms with Gasteiger partial charge in [0.2, 0.25) is 0 Å². The smallest absolute Gasteiger partial charge is 0.343 e. The number of carbonyl (C=O) groups excluding carboxylic acids is 1. The lowest BCUT2D eigenvalue weighted by Gasteiger charge is -2.30. The molecule has 2 fully saturated rings. The highest BCUT2D eigenvalue weighted by Crippen LogP contribution is 2.29. The Hall–Kier alpha value is -2.15. The maximum Gasteiger partial charge on any atom is 0.343 e. The van der Waals surface area contributed by atoms with Crippen molar-refractivity contribution >= 4 is 18.0 Å². The highest BCUT2D eigenvalue weighted by molar-refractivity contribution is 6.10. The largest absolute Gasteiger partial charge is 0.462 e. The Bertz CT molecular complexity index is 552. The lowest BCUT2D eigenvalue weighted by molar-refractivity contribution is -0.137. The third-order valence-corrected chi connectivity index (χ3v) is 3.77. The molecule has 3 heterocycles. The molecule has 2 N–H and O–H groups in total. The highest BCUT2D eigenvalue weighted by Gasteiger charge is 2.40. The van der Waals surface area contributed by atoms with E-state index in [1.807, 2.05) is 6.08 Å². The summed E-state index contributed by atoms with van der Waals surface area (Å²) in [5.41, 5.74) is 0.124. The van der Waals surface area contributed by atoms with E-state index < -0.39 is 5.97 Å². The molecular formula is C14H18N4O3. The number of esters is 1. The summed E-state index contributed by atoms with van der Waals surface area (Å²) in [4.78, 5) is 18.5. The van der Waals surface area contributed by atoms with E-state index >= 15 is 0 Å². The van der Waals surface area contributed by atoms with Gasteiger partial charge in [-0.2, -0.15) is 0 Å². The van der Waals surface area contributed by atoms with Gasteiger partial charge in [-0.05, 0) is 19.4 Å². The fraction of sp³-hybridized carbons (Fsp3) is 0.500. The SMILES string of the molecule is CCOC(=O)/C(C=N)=C1\N=C(N2C[C@@H]3CC2CO3)C=CN1. The number of ether oxygens (including phenoxy) is 2. The molecule has 0 aromatic rings. The van der Waals surface area contributed by atoms with Gasteiger partial charge in [0.05, 0.1) is 25.4 Å². The van der Waals surface area contributed by atoms with Crippen LogP contribution in [-0.4, -0.2) is 54.8 Å². The standard InChI is InChI=1S/C14H18N4O3/c1-2-20-14(19)11(6-15)13-16-4-3-12(17-13)18-7-10-5-9(18)8-21-10/h3-4,6,9-10,15-16H,2,5,7-8H2,1H3/b13-11-,15-6?/t9?,10-/m0/s1. The number of hydrogen-bond donors (Lipinski definition) is 2. The van der Waals surface area contributed by atoms with Crippen LogP contribution >= 0.6 is 0 Å². The van der Waals surface area contributed by atoms with Gasteiger partial charge in [-0.15, -0.1) is 0 Å². The number of fused-ring (bicyclic) bond motifs is 2. The molecule has 0 saturated carbocycles. The number of hydrogen-bond acceptors (Lipinski definition) is 7. The zero-order valence-electron chi connectivity index (χ0n) is 11.8. The maximum absolute atomic E-state index is 11.8. The van der Waals surface area contributed by atoms with Crippen LogP contribution in [0.4, 0.5) is 0 Å². The van der Waals surface area contributed by atoms with Gasteiger partial charge in [0.1, 0.15) is 17.2 Å². The lowest BCUT2D eigenvalue weighted by Crippen LogP contribution is -2.42. The lowest BCUT2D eigenvalue weighted by atomic mass is 10.2. The van der Waals surface area contributed by atoms with Crippen molar-refractivity contribution in [3.63, 3.8) is 0 Å². The summed E-state index contributed by atoms with van der Waals surface area (Å²) < 4.78 is 10.5. The molecule has 112 valence electrons. The fourth-order valence-electron chi connectivity index (χ4n) is 2.79. The number of aliphatic imine (C=N–C) groups is 1. The van der Waals surface area contributed by atoms with Gasteiger partial charge in [-0.25, -0.2) is 9.79 Å². The van der Waals surface area contributed by atoms with Crippen molar-refractivity contribution < 1.29 is 14.3 Å². The minimum Gasteiger partial charge on any atom is -0.462 e. The van der Waals surface area contributed by atoms with Crippen molar-refractivity contribution in [2.75, 3.05) is 19.8 Å². The molecule has 3 aliphatic rings. The summed E-state index contributed by atoms with van der Waals surface area (Å²) in [6.07, 6.45) is 5.87. The molecule has 0 amide bonds. The van der Waals surface area contributed by atoms with E-state index in [4.69, 9.17) is 14.9 Å². The number of likely N-dealkylation sites (tertiary alicyclic amines) is 1. The number of rotatable bonds is 3. The number of amidine groups is 1.